The number of rotatable bonds is 1. The van der Waals surface area contributed by atoms with Crippen molar-refractivity contribution < 1.29 is 8.83 Å². The predicted octanol–water partition coefficient (Wildman–Crippen LogP) is 7.57. The molecule has 0 atom stereocenters. The molecule has 4 aromatic carbocycles. The van der Waals surface area contributed by atoms with Crippen LogP contribution >= 0.6 is 0 Å². The monoisotopic (exact) mass is 384 g/mol. The molecule has 0 spiro atoms. The zero-order valence-electron chi connectivity index (χ0n) is 15.6. The van der Waals surface area contributed by atoms with E-state index in [4.69, 9.17) is 15.4 Å². The fourth-order valence-electron chi connectivity index (χ4n) is 4.04. The third-order valence-corrected chi connectivity index (χ3v) is 5.51. The molecule has 4 nitrogen and oxygen atoms in total. The Morgan fingerprint density at radius 2 is 1.13 bits per heavy atom. The average molecular weight is 384 g/mol. The van der Waals surface area contributed by atoms with Gasteiger partial charge in [-0.15, -0.1) is 0 Å². The molecule has 0 aliphatic rings. The lowest BCUT2D eigenvalue weighted by Crippen LogP contribution is -1.78. The Labute approximate surface area is 171 Å². The number of nitrogens with zero attached hydrogens (tertiary/aromatic N) is 2. The van der Waals surface area contributed by atoms with Gasteiger partial charge in [-0.05, 0) is 65.7 Å². The molecule has 2 heterocycles. The molecule has 0 fully saturated rings. The van der Waals surface area contributed by atoms with Gasteiger partial charge in [-0.25, -0.2) is 4.85 Å². The van der Waals surface area contributed by atoms with Crippen LogP contribution in [0.1, 0.15) is 5.56 Å². The van der Waals surface area contributed by atoms with E-state index >= 15 is 0 Å². The third kappa shape index (κ3) is 2.32. The van der Waals surface area contributed by atoms with Crippen LogP contribution in [0.25, 0.3) is 59.8 Å². The molecule has 2 aromatic heterocycles. The first kappa shape index (κ1) is 16.4. The van der Waals surface area contributed by atoms with Gasteiger partial charge < -0.3 is 8.83 Å². The Kier molecular flexibility index (Phi) is 3.27. The van der Waals surface area contributed by atoms with E-state index in [1.165, 1.54) is 0 Å². The van der Waals surface area contributed by atoms with Crippen molar-refractivity contribution in [2.45, 2.75) is 0 Å². The standard InChI is InChI=1S/C26H12N2O2/c1-28-18-5-9-26-22(13-18)21-12-17(4-8-25(21)30-26)16-3-7-24-20(11-16)19-10-15(14-27)2-6-23(19)29-24/h2-13H. The maximum Gasteiger partial charge on any atom is 0.188 e. The number of benzene rings is 4. The summed E-state index contributed by atoms with van der Waals surface area (Å²) in [7, 11) is 0. The minimum Gasteiger partial charge on any atom is -0.456 e. The Bertz CT molecular complexity index is 1590. The van der Waals surface area contributed by atoms with Gasteiger partial charge in [0.05, 0.1) is 18.2 Å². The molecule has 0 aliphatic carbocycles. The fourth-order valence-corrected chi connectivity index (χ4v) is 4.04. The number of nitriles is 1. The van der Waals surface area contributed by atoms with Crippen molar-refractivity contribution in [2.24, 2.45) is 0 Å². The van der Waals surface area contributed by atoms with E-state index in [0.29, 0.717) is 11.3 Å². The van der Waals surface area contributed by atoms with Crippen LogP contribution in [0.15, 0.2) is 81.6 Å². The number of fused-ring (bicyclic) bond motifs is 6. The predicted molar refractivity (Wildman–Crippen MR) is 117 cm³/mol. The Morgan fingerprint density at radius 3 is 1.70 bits per heavy atom. The van der Waals surface area contributed by atoms with Gasteiger partial charge in [0, 0.05) is 21.5 Å². The van der Waals surface area contributed by atoms with Crippen LogP contribution in [0.5, 0.6) is 0 Å². The van der Waals surface area contributed by atoms with Gasteiger partial charge >= 0.3 is 0 Å². The van der Waals surface area contributed by atoms with E-state index in [2.05, 4.69) is 23.0 Å². The normalized spacial score (nSPS) is 11.3. The van der Waals surface area contributed by atoms with Gasteiger partial charge in [-0.3, -0.25) is 0 Å². The van der Waals surface area contributed by atoms with Gasteiger partial charge in [0.15, 0.2) is 5.69 Å². The topological polar surface area (TPSA) is 54.4 Å². The highest BCUT2D eigenvalue weighted by Gasteiger charge is 2.12. The van der Waals surface area contributed by atoms with Gasteiger partial charge in [0.1, 0.15) is 22.3 Å². The molecule has 0 radical (unpaired) electrons. The van der Waals surface area contributed by atoms with Gasteiger partial charge in [-0.2, -0.15) is 5.26 Å². The quantitative estimate of drug-likeness (QED) is 0.275. The molecule has 6 aromatic rings. The molecule has 0 aliphatic heterocycles. The van der Waals surface area contributed by atoms with Crippen LogP contribution in [-0.2, 0) is 0 Å². The summed E-state index contributed by atoms with van der Waals surface area (Å²) in [6, 6.07) is 25.3. The molecule has 138 valence electrons. The summed E-state index contributed by atoms with van der Waals surface area (Å²) in [5.74, 6) is 0. The molecule has 30 heavy (non-hydrogen) atoms. The van der Waals surface area contributed by atoms with Crippen molar-refractivity contribution in [1.29, 1.82) is 5.26 Å². The lowest BCUT2D eigenvalue weighted by Gasteiger charge is -2.02. The van der Waals surface area contributed by atoms with Gasteiger partial charge in [-0.1, -0.05) is 18.2 Å². The first-order chi connectivity index (χ1) is 14.7. The van der Waals surface area contributed by atoms with E-state index < -0.39 is 0 Å². The van der Waals surface area contributed by atoms with Crippen molar-refractivity contribution in [2.75, 3.05) is 0 Å². The van der Waals surface area contributed by atoms with Crippen molar-refractivity contribution in [3.63, 3.8) is 0 Å². The number of hydrogen-bond donors (Lipinski definition) is 0. The summed E-state index contributed by atoms with van der Waals surface area (Å²) < 4.78 is 11.9. The van der Waals surface area contributed by atoms with E-state index in [1.807, 2.05) is 48.5 Å². The highest BCUT2D eigenvalue weighted by atomic mass is 16.3. The van der Waals surface area contributed by atoms with E-state index in [0.717, 1.165) is 55.0 Å². The molecule has 0 saturated carbocycles. The van der Waals surface area contributed by atoms with Crippen molar-refractivity contribution in [3.05, 3.63) is 89.8 Å². The second-order valence-corrected chi connectivity index (χ2v) is 7.24. The smallest absolute Gasteiger partial charge is 0.188 e. The highest BCUT2D eigenvalue weighted by molar-refractivity contribution is 6.09. The summed E-state index contributed by atoms with van der Waals surface area (Å²) in [6.45, 7) is 7.28. The highest BCUT2D eigenvalue weighted by Crippen LogP contribution is 2.36. The molecule has 0 N–H and O–H groups in total. The zero-order chi connectivity index (χ0) is 20.2. The second kappa shape index (κ2) is 5.98. The molecular formula is C26H12N2O2. The van der Waals surface area contributed by atoms with Crippen LogP contribution in [0, 0.1) is 17.9 Å². The van der Waals surface area contributed by atoms with Crippen molar-refractivity contribution in [3.8, 4) is 17.2 Å². The molecular weight excluding hydrogens is 372 g/mol. The van der Waals surface area contributed by atoms with Crippen LogP contribution in [0.3, 0.4) is 0 Å². The first-order valence-electron chi connectivity index (χ1n) is 9.44. The average Bonchev–Trinajstić information content (AvgIpc) is 3.35. The summed E-state index contributed by atoms with van der Waals surface area (Å²) >= 11 is 0. The summed E-state index contributed by atoms with van der Waals surface area (Å²) in [6.07, 6.45) is 0. The fraction of sp³-hybridized carbons (Fsp3) is 0. The van der Waals surface area contributed by atoms with Crippen LogP contribution in [0.2, 0.25) is 0 Å². The van der Waals surface area contributed by atoms with Gasteiger partial charge in [0.25, 0.3) is 0 Å². The maximum absolute atomic E-state index is 9.24. The summed E-state index contributed by atoms with van der Waals surface area (Å²) in [4.78, 5) is 3.53. The second-order valence-electron chi connectivity index (χ2n) is 7.24. The van der Waals surface area contributed by atoms with E-state index in [-0.39, 0.29) is 0 Å². The minimum atomic E-state index is 0.593. The summed E-state index contributed by atoms with van der Waals surface area (Å²) in [5, 5.41) is 13.1. The van der Waals surface area contributed by atoms with Crippen molar-refractivity contribution >= 4 is 49.6 Å². The van der Waals surface area contributed by atoms with E-state index in [1.54, 1.807) is 12.1 Å². The maximum atomic E-state index is 9.24. The zero-order valence-corrected chi connectivity index (χ0v) is 15.6. The van der Waals surface area contributed by atoms with Crippen molar-refractivity contribution in [1.82, 2.24) is 0 Å². The number of furan rings is 2. The van der Waals surface area contributed by atoms with Crippen LogP contribution in [0.4, 0.5) is 5.69 Å². The molecule has 0 saturated heterocycles. The minimum absolute atomic E-state index is 0.593. The third-order valence-electron chi connectivity index (χ3n) is 5.51. The largest absolute Gasteiger partial charge is 0.456 e. The lowest BCUT2D eigenvalue weighted by atomic mass is 10.0. The Morgan fingerprint density at radius 1 is 0.633 bits per heavy atom. The molecule has 0 amide bonds. The molecule has 4 heteroatoms. The van der Waals surface area contributed by atoms with Crippen LogP contribution in [-0.4, -0.2) is 0 Å². The first-order valence-corrected chi connectivity index (χ1v) is 9.44. The van der Waals surface area contributed by atoms with Gasteiger partial charge in [0.2, 0.25) is 0 Å². The van der Waals surface area contributed by atoms with Crippen LogP contribution < -0.4 is 0 Å². The SMILES string of the molecule is [C-]#[N+]c1ccc2oc3ccc(-c4ccc5oc6ccc(C#N)cc6c5c4)cc3c2c1. The number of hydrogen-bond acceptors (Lipinski definition) is 3. The van der Waals surface area contributed by atoms with E-state index in [9.17, 15) is 5.26 Å². The molecule has 0 bridgehead atoms. The summed E-state index contributed by atoms with van der Waals surface area (Å²) in [5.41, 5.74) is 6.42. The molecule has 0 unspecified atom stereocenters. The lowest BCUT2D eigenvalue weighted by molar-refractivity contribution is 0.668. The Balaban J connectivity index is 1.58. The Hall–Kier alpha value is -4.54. The molecule has 6 rings (SSSR count).